The topological polar surface area (TPSA) is 44.4 Å². The van der Waals surface area contributed by atoms with Crippen molar-refractivity contribution in [1.82, 2.24) is 10.2 Å². The second-order valence-electron chi connectivity index (χ2n) is 5.90. The van der Waals surface area contributed by atoms with E-state index in [9.17, 15) is 4.79 Å². The molecule has 3 atom stereocenters. The van der Waals surface area contributed by atoms with Crippen molar-refractivity contribution in [3.05, 3.63) is 30.3 Å². The van der Waals surface area contributed by atoms with Gasteiger partial charge in [0.05, 0.1) is 6.54 Å². The number of nitrogens with one attached hydrogen (secondary N) is 2. The zero-order valence-electron chi connectivity index (χ0n) is 12.0. The van der Waals surface area contributed by atoms with Gasteiger partial charge in [-0.25, -0.2) is 0 Å². The number of likely N-dealkylation sites (tertiary alicyclic amines) is 1. The fourth-order valence-electron chi connectivity index (χ4n) is 3.76. The Bertz CT molecular complexity index is 462. The first-order chi connectivity index (χ1) is 9.78. The maximum absolute atomic E-state index is 12.2. The lowest BCUT2D eigenvalue weighted by Crippen LogP contribution is -2.40. The number of carbonyl (C=O) groups excluding carboxylic acids is 1. The minimum Gasteiger partial charge on any atom is -0.325 e. The molecule has 3 rings (SSSR count). The maximum Gasteiger partial charge on any atom is 0.238 e. The molecule has 2 heterocycles. The standard InChI is InChI=1S/C16H23N3O/c1-2-15-14-9-17-8-12(14)10-19(15)11-16(20)18-13-6-4-3-5-7-13/h3-7,12,14-15,17H,2,8-11H2,1H3,(H,18,20). The van der Waals surface area contributed by atoms with Crippen LogP contribution in [0.3, 0.4) is 0 Å². The normalized spacial score (nSPS) is 29.4. The number of anilines is 1. The summed E-state index contributed by atoms with van der Waals surface area (Å²) >= 11 is 0. The highest BCUT2D eigenvalue weighted by atomic mass is 16.2. The molecule has 0 aliphatic carbocycles. The molecule has 2 N–H and O–H groups in total. The summed E-state index contributed by atoms with van der Waals surface area (Å²) in [5, 5.41) is 6.46. The van der Waals surface area contributed by atoms with E-state index in [1.807, 2.05) is 30.3 Å². The summed E-state index contributed by atoms with van der Waals surface area (Å²) in [6.45, 7) is 6.02. The highest BCUT2D eigenvalue weighted by molar-refractivity contribution is 5.92. The average molecular weight is 273 g/mol. The van der Waals surface area contributed by atoms with Crippen LogP contribution in [0.5, 0.6) is 0 Å². The van der Waals surface area contributed by atoms with Gasteiger partial charge < -0.3 is 10.6 Å². The third-order valence-corrected chi connectivity index (χ3v) is 4.65. The van der Waals surface area contributed by atoms with Crippen LogP contribution in [0.4, 0.5) is 5.69 Å². The van der Waals surface area contributed by atoms with Crippen molar-refractivity contribution in [3.8, 4) is 0 Å². The van der Waals surface area contributed by atoms with Gasteiger partial charge >= 0.3 is 0 Å². The number of benzene rings is 1. The Morgan fingerprint density at radius 1 is 1.35 bits per heavy atom. The lowest BCUT2D eigenvalue weighted by molar-refractivity contribution is -0.117. The Morgan fingerprint density at radius 2 is 2.15 bits per heavy atom. The Hall–Kier alpha value is -1.39. The van der Waals surface area contributed by atoms with Gasteiger partial charge in [0, 0.05) is 18.3 Å². The molecule has 1 aromatic carbocycles. The fraction of sp³-hybridized carbons (Fsp3) is 0.562. The highest BCUT2D eigenvalue weighted by Gasteiger charge is 2.43. The predicted molar refractivity (Wildman–Crippen MR) is 80.6 cm³/mol. The molecule has 1 amide bonds. The van der Waals surface area contributed by atoms with Crippen molar-refractivity contribution in [1.29, 1.82) is 0 Å². The number of hydrogen-bond acceptors (Lipinski definition) is 3. The van der Waals surface area contributed by atoms with Crippen LogP contribution in [-0.4, -0.2) is 43.0 Å². The molecule has 3 unspecified atom stereocenters. The quantitative estimate of drug-likeness (QED) is 0.875. The Morgan fingerprint density at radius 3 is 2.90 bits per heavy atom. The summed E-state index contributed by atoms with van der Waals surface area (Å²) in [5.41, 5.74) is 0.881. The van der Waals surface area contributed by atoms with Gasteiger partial charge in [0.1, 0.15) is 0 Å². The van der Waals surface area contributed by atoms with E-state index in [1.54, 1.807) is 0 Å². The van der Waals surface area contributed by atoms with Crippen LogP contribution in [0.1, 0.15) is 13.3 Å². The molecule has 0 spiro atoms. The molecule has 108 valence electrons. The first-order valence-electron chi connectivity index (χ1n) is 7.57. The van der Waals surface area contributed by atoms with Crippen LogP contribution >= 0.6 is 0 Å². The van der Waals surface area contributed by atoms with Crippen LogP contribution in [0.15, 0.2) is 30.3 Å². The summed E-state index contributed by atoms with van der Waals surface area (Å²) in [5.74, 6) is 1.55. The Balaban J connectivity index is 1.58. The zero-order valence-corrected chi connectivity index (χ0v) is 12.0. The predicted octanol–water partition coefficient (Wildman–Crippen LogP) is 1.55. The lowest BCUT2D eigenvalue weighted by atomic mass is 9.93. The first-order valence-corrected chi connectivity index (χ1v) is 7.57. The second-order valence-corrected chi connectivity index (χ2v) is 5.90. The molecule has 0 aromatic heterocycles. The number of amides is 1. The van der Waals surface area contributed by atoms with Crippen molar-refractivity contribution in [2.24, 2.45) is 11.8 Å². The third kappa shape index (κ3) is 2.72. The fourth-order valence-corrected chi connectivity index (χ4v) is 3.76. The van der Waals surface area contributed by atoms with Crippen molar-refractivity contribution in [3.63, 3.8) is 0 Å². The molecule has 1 aromatic rings. The minimum absolute atomic E-state index is 0.0996. The zero-order chi connectivity index (χ0) is 13.9. The van der Waals surface area contributed by atoms with E-state index in [0.717, 1.165) is 43.6 Å². The summed E-state index contributed by atoms with van der Waals surface area (Å²) < 4.78 is 0. The van der Waals surface area contributed by atoms with E-state index in [2.05, 4.69) is 22.5 Å². The SMILES string of the molecule is CCC1C2CNCC2CN1CC(=O)Nc1ccccc1. The Labute approximate surface area is 120 Å². The van der Waals surface area contributed by atoms with Gasteiger partial charge in [-0.1, -0.05) is 25.1 Å². The number of rotatable bonds is 4. The number of para-hydroxylation sites is 1. The summed E-state index contributed by atoms with van der Waals surface area (Å²) in [6, 6.07) is 10.2. The molecule has 2 aliphatic rings. The molecule has 0 saturated carbocycles. The van der Waals surface area contributed by atoms with Crippen LogP contribution in [-0.2, 0) is 4.79 Å². The molecule has 2 fully saturated rings. The van der Waals surface area contributed by atoms with Gasteiger partial charge in [-0.05, 0) is 43.5 Å². The van der Waals surface area contributed by atoms with Crippen LogP contribution in [0.25, 0.3) is 0 Å². The molecular weight excluding hydrogens is 250 g/mol. The summed E-state index contributed by atoms with van der Waals surface area (Å²) in [7, 11) is 0. The van der Waals surface area contributed by atoms with Crippen LogP contribution in [0, 0.1) is 11.8 Å². The monoisotopic (exact) mass is 273 g/mol. The molecule has 0 bridgehead atoms. The van der Waals surface area contributed by atoms with Crippen LogP contribution < -0.4 is 10.6 Å². The van der Waals surface area contributed by atoms with Crippen molar-refractivity contribution >= 4 is 11.6 Å². The van der Waals surface area contributed by atoms with Gasteiger partial charge in [0.2, 0.25) is 5.91 Å². The second kappa shape index (κ2) is 5.94. The van der Waals surface area contributed by atoms with E-state index in [0.29, 0.717) is 12.6 Å². The van der Waals surface area contributed by atoms with Gasteiger partial charge in [-0.3, -0.25) is 9.69 Å². The molecule has 2 saturated heterocycles. The molecule has 0 radical (unpaired) electrons. The molecule has 20 heavy (non-hydrogen) atoms. The smallest absolute Gasteiger partial charge is 0.238 e. The number of hydrogen-bond donors (Lipinski definition) is 2. The van der Waals surface area contributed by atoms with Gasteiger partial charge in [-0.15, -0.1) is 0 Å². The van der Waals surface area contributed by atoms with Crippen molar-refractivity contribution < 1.29 is 4.79 Å². The molecule has 2 aliphatic heterocycles. The van der Waals surface area contributed by atoms with E-state index >= 15 is 0 Å². The first kappa shape index (κ1) is 13.6. The number of carbonyl (C=O) groups is 1. The van der Waals surface area contributed by atoms with Gasteiger partial charge in [0.25, 0.3) is 0 Å². The molecule has 4 heteroatoms. The number of fused-ring (bicyclic) bond motifs is 1. The van der Waals surface area contributed by atoms with E-state index in [-0.39, 0.29) is 5.91 Å². The minimum atomic E-state index is 0.0996. The Kier molecular flexibility index (Phi) is 4.03. The third-order valence-electron chi connectivity index (χ3n) is 4.65. The van der Waals surface area contributed by atoms with E-state index < -0.39 is 0 Å². The summed E-state index contributed by atoms with van der Waals surface area (Å²) in [4.78, 5) is 14.6. The molecule has 4 nitrogen and oxygen atoms in total. The highest BCUT2D eigenvalue weighted by Crippen LogP contribution is 2.33. The van der Waals surface area contributed by atoms with Crippen molar-refractivity contribution in [2.45, 2.75) is 19.4 Å². The van der Waals surface area contributed by atoms with E-state index in [1.165, 1.54) is 0 Å². The van der Waals surface area contributed by atoms with Gasteiger partial charge in [0.15, 0.2) is 0 Å². The van der Waals surface area contributed by atoms with Crippen LogP contribution in [0.2, 0.25) is 0 Å². The molecular formula is C16H23N3O. The largest absolute Gasteiger partial charge is 0.325 e. The average Bonchev–Trinajstić information content (AvgIpc) is 3.00. The van der Waals surface area contributed by atoms with Gasteiger partial charge in [-0.2, -0.15) is 0 Å². The maximum atomic E-state index is 12.2. The lowest BCUT2D eigenvalue weighted by Gasteiger charge is -2.26. The van der Waals surface area contributed by atoms with E-state index in [4.69, 9.17) is 0 Å². The summed E-state index contributed by atoms with van der Waals surface area (Å²) in [6.07, 6.45) is 1.13. The van der Waals surface area contributed by atoms with Crippen molar-refractivity contribution in [2.75, 3.05) is 31.5 Å². The number of nitrogens with zero attached hydrogens (tertiary/aromatic N) is 1.